The smallest absolute Gasteiger partial charge is 0.146 e. The Morgan fingerprint density at radius 3 is 2.72 bits per heavy atom. The molecule has 0 saturated heterocycles. The van der Waals surface area contributed by atoms with E-state index >= 15 is 4.39 Å². The van der Waals surface area contributed by atoms with E-state index in [4.69, 9.17) is 5.73 Å². The Kier molecular flexibility index (Phi) is 4.21. The van der Waals surface area contributed by atoms with Gasteiger partial charge in [-0.05, 0) is 42.3 Å². The Morgan fingerprint density at radius 1 is 1.06 bits per heavy atom. The lowest BCUT2D eigenvalue weighted by molar-refractivity contribution is 0.642. The van der Waals surface area contributed by atoms with E-state index in [0.29, 0.717) is 34.6 Å². The van der Waals surface area contributed by atoms with E-state index in [0.717, 1.165) is 35.1 Å². The molecule has 0 atom stereocenters. The van der Waals surface area contributed by atoms with Gasteiger partial charge in [0.1, 0.15) is 23.6 Å². The number of pyridine rings is 1. The van der Waals surface area contributed by atoms with Crippen molar-refractivity contribution in [2.24, 2.45) is 0 Å². The second-order valence-electron chi connectivity index (χ2n) is 8.57. The summed E-state index contributed by atoms with van der Waals surface area (Å²) in [6.45, 7) is 2.09. The molecule has 1 saturated carbocycles. The minimum atomic E-state index is -0.296. The SMILES string of the molecule is Cc1ccccc1Cc1cc2ccc(-c3cn(C4CC4)c4ncnc(N)c34)c(F)c2cn1. The first-order valence-electron chi connectivity index (χ1n) is 10.8. The number of halogens is 1. The first-order chi connectivity index (χ1) is 15.6. The van der Waals surface area contributed by atoms with Gasteiger partial charge in [-0.2, -0.15) is 0 Å². The molecule has 1 aliphatic carbocycles. The van der Waals surface area contributed by atoms with Gasteiger partial charge in [0.2, 0.25) is 0 Å². The maximum atomic E-state index is 15.7. The zero-order valence-electron chi connectivity index (χ0n) is 17.7. The fraction of sp³-hybridized carbons (Fsp3) is 0.192. The number of hydrogen-bond acceptors (Lipinski definition) is 4. The predicted octanol–water partition coefficient (Wildman–Crippen LogP) is 5.60. The average Bonchev–Trinajstić information content (AvgIpc) is 3.56. The molecule has 5 aromatic rings. The monoisotopic (exact) mass is 423 g/mol. The molecule has 0 spiro atoms. The third-order valence-electron chi connectivity index (χ3n) is 6.40. The molecule has 5 nitrogen and oxygen atoms in total. The molecule has 1 fully saturated rings. The summed E-state index contributed by atoms with van der Waals surface area (Å²) < 4.78 is 17.8. The lowest BCUT2D eigenvalue weighted by Gasteiger charge is -2.09. The predicted molar refractivity (Wildman–Crippen MR) is 125 cm³/mol. The number of aryl methyl sites for hydroxylation is 1. The highest BCUT2D eigenvalue weighted by Crippen LogP contribution is 2.43. The Balaban J connectivity index is 1.46. The van der Waals surface area contributed by atoms with Crippen LogP contribution in [0.2, 0.25) is 0 Å². The van der Waals surface area contributed by atoms with Crippen molar-refractivity contribution >= 4 is 27.6 Å². The van der Waals surface area contributed by atoms with Crippen LogP contribution in [0.25, 0.3) is 32.9 Å². The van der Waals surface area contributed by atoms with Gasteiger partial charge in [0.15, 0.2) is 0 Å². The van der Waals surface area contributed by atoms with Crippen LogP contribution < -0.4 is 5.73 Å². The Hall–Kier alpha value is -3.80. The summed E-state index contributed by atoms with van der Waals surface area (Å²) in [5.41, 5.74) is 11.6. The van der Waals surface area contributed by atoms with Crippen LogP contribution in [0, 0.1) is 12.7 Å². The molecular weight excluding hydrogens is 401 g/mol. The Bertz CT molecular complexity index is 1500. The van der Waals surface area contributed by atoms with E-state index in [-0.39, 0.29) is 5.82 Å². The second-order valence-corrected chi connectivity index (χ2v) is 8.57. The van der Waals surface area contributed by atoms with Crippen LogP contribution >= 0.6 is 0 Å². The van der Waals surface area contributed by atoms with E-state index in [1.807, 2.05) is 36.5 Å². The Labute approximate surface area is 184 Å². The topological polar surface area (TPSA) is 69.6 Å². The first-order valence-corrected chi connectivity index (χ1v) is 10.8. The van der Waals surface area contributed by atoms with Crippen molar-refractivity contribution in [3.63, 3.8) is 0 Å². The summed E-state index contributed by atoms with van der Waals surface area (Å²) in [6, 6.07) is 14.4. The highest BCUT2D eigenvalue weighted by molar-refractivity contribution is 6.02. The maximum Gasteiger partial charge on any atom is 0.146 e. The van der Waals surface area contributed by atoms with Crippen LogP contribution in [-0.4, -0.2) is 19.5 Å². The summed E-state index contributed by atoms with van der Waals surface area (Å²) in [4.78, 5) is 13.2. The van der Waals surface area contributed by atoms with Gasteiger partial charge in [-0.25, -0.2) is 14.4 Å². The lowest BCUT2D eigenvalue weighted by atomic mass is 9.99. The van der Waals surface area contributed by atoms with Gasteiger partial charge in [-0.15, -0.1) is 0 Å². The fourth-order valence-electron chi connectivity index (χ4n) is 4.48. The number of nitrogens with two attached hydrogens (primary N) is 1. The van der Waals surface area contributed by atoms with Crippen molar-refractivity contribution in [3.8, 4) is 11.1 Å². The summed E-state index contributed by atoms with van der Waals surface area (Å²) in [6.07, 6.45) is 7.99. The zero-order valence-corrected chi connectivity index (χ0v) is 17.7. The normalized spacial score (nSPS) is 13.8. The number of anilines is 1. The third kappa shape index (κ3) is 3.02. The molecular formula is C26H22FN5. The van der Waals surface area contributed by atoms with E-state index in [2.05, 4.69) is 38.6 Å². The van der Waals surface area contributed by atoms with Crippen molar-refractivity contribution in [2.45, 2.75) is 32.2 Å². The van der Waals surface area contributed by atoms with Gasteiger partial charge in [0.05, 0.1) is 5.39 Å². The van der Waals surface area contributed by atoms with Crippen molar-refractivity contribution < 1.29 is 4.39 Å². The largest absolute Gasteiger partial charge is 0.383 e. The quantitative estimate of drug-likeness (QED) is 0.408. The highest BCUT2D eigenvalue weighted by Gasteiger charge is 2.28. The van der Waals surface area contributed by atoms with Gasteiger partial charge in [-0.1, -0.05) is 36.4 Å². The van der Waals surface area contributed by atoms with Gasteiger partial charge in [0.25, 0.3) is 0 Å². The van der Waals surface area contributed by atoms with E-state index in [9.17, 15) is 0 Å². The number of hydrogen-bond donors (Lipinski definition) is 1. The molecule has 6 rings (SSSR count). The van der Waals surface area contributed by atoms with Gasteiger partial charge >= 0.3 is 0 Å². The molecule has 2 aromatic carbocycles. The molecule has 1 aliphatic rings. The number of rotatable bonds is 4. The van der Waals surface area contributed by atoms with E-state index < -0.39 is 0 Å². The van der Waals surface area contributed by atoms with Crippen LogP contribution in [0.15, 0.2) is 61.2 Å². The molecule has 0 amide bonds. The second kappa shape index (κ2) is 7.12. The molecule has 158 valence electrons. The van der Waals surface area contributed by atoms with Crippen LogP contribution in [-0.2, 0) is 6.42 Å². The molecule has 3 aromatic heterocycles. The molecule has 2 N–H and O–H groups in total. The molecule has 0 radical (unpaired) electrons. The summed E-state index contributed by atoms with van der Waals surface area (Å²) in [7, 11) is 0. The zero-order chi connectivity index (χ0) is 21.8. The average molecular weight is 423 g/mol. The van der Waals surface area contributed by atoms with Crippen LogP contribution in [0.5, 0.6) is 0 Å². The number of fused-ring (bicyclic) bond motifs is 2. The number of benzene rings is 2. The van der Waals surface area contributed by atoms with Crippen LogP contribution in [0.1, 0.15) is 35.7 Å². The molecule has 3 heterocycles. The van der Waals surface area contributed by atoms with Crippen molar-refractivity contribution in [1.29, 1.82) is 0 Å². The first kappa shape index (κ1) is 18.9. The van der Waals surface area contributed by atoms with Crippen molar-refractivity contribution in [1.82, 2.24) is 19.5 Å². The third-order valence-corrected chi connectivity index (χ3v) is 6.40. The summed E-state index contributed by atoms with van der Waals surface area (Å²) >= 11 is 0. The summed E-state index contributed by atoms with van der Waals surface area (Å²) in [5, 5.41) is 2.04. The molecule has 0 aliphatic heterocycles. The summed E-state index contributed by atoms with van der Waals surface area (Å²) in [5.74, 6) is 0.0751. The van der Waals surface area contributed by atoms with Crippen LogP contribution in [0.4, 0.5) is 10.2 Å². The Morgan fingerprint density at radius 2 is 1.91 bits per heavy atom. The number of aromatic nitrogens is 4. The van der Waals surface area contributed by atoms with Gasteiger partial charge in [0, 0.05) is 47.1 Å². The lowest BCUT2D eigenvalue weighted by Crippen LogP contribution is -1.97. The minimum Gasteiger partial charge on any atom is -0.383 e. The molecule has 0 unspecified atom stereocenters. The number of nitrogen functional groups attached to an aromatic ring is 1. The highest BCUT2D eigenvalue weighted by atomic mass is 19.1. The standard InChI is InChI=1S/C26H22FN5/c1-15-4-2-3-5-16(15)10-18-11-17-6-9-20(24(27)21(17)12-29-18)22-13-32(19-7-8-19)26-23(22)25(28)30-14-31-26/h2-6,9,11-14,19H,7-8,10H2,1H3,(H2,28,30,31). The minimum absolute atomic E-state index is 0.296. The molecule has 32 heavy (non-hydrogen) atoms. The molecule has 6 heteroatoms. The van der Waals surface area contributed by atoms with Crippen molar-refractivity contribution in [3.05, 3.63) is 83.8 Å². The fourth-order valence-corrected chi connectivity index (χ4v) is 4.48. The van der Waals surface area contributed by atoms with Crippen LogP contribution in [0.3, 0.4) is 0 Å². The van der Waals surface area contributed by atoms with Crippen molar-refractivity contribution in [2.75, 3.05) is 5.73 Å². The molecule has 0 bridgehead atoms. The van der Waals surface area contributed by atoms with E-state index in [1.165, 1.54) is 17.5 Å². The van der Waals surface area contributed by atoms with Gasteiger partial charge < -0.3 is 10.3 Å². The van der Waals surface area contributed by atoms with Gasteiger partial charge in [-0.3, -0.25) is 4.98 Å². The van der Waals surface area contributed by atoms with E-state index in [1.54, 1.807) is 6.20 Å². The maximum absolute atomic E-state index is 15.7. The number of nitrogens with zero attached hydrogens (tertiary/aromatic N) is 4.